The number of aromatic nitrogens is 1. The minimum absolute atomic E-state index is 0.103. The number of hydrogen-bond acceptors (Lipinski definition) is 6. The first-order valence-electron chi connectivity index (χ1n) is 9.48. The van der Waals surface area contributed by atoms with Gasteiger partial charge in [0, 0.05) is 23.4 Å². The van der Waals surface area contributed by atoms with Crippen LogP contribution in [0.2, 0.25) is 5.02 Å². The smallest absolute Gasteiger partial charge is 0.337 e. The van der Waals surface area contributed by atoms with Crippen molar-refractivity contribution in [1.29, 1.82) is 0 Å². The highest BCUT2D eigenvalue weighted by molar-refractivity contribution is 6.30. The number of carbonyl (C=O) groups is 3. The van der Waals surface area contributed by atoms with Crippen LogP contribution < -0.4 is 10.2 Å². The molecule has 0 atom stereocenters. The van der Waals surface area contributed by atoms with E-state index in [1.54, 1.807) is 30.5 Å². The molecule has 0 spiro atoms. The van der Waals surface area contributed by atoms with Crippen LogP contribution in [0.4, 0.5) is 11.4 Å². The Labute approximate surface area is 182 Å². The Morgan fingerprint density at radius 2 is 2.00 bits per heavy atom. The number of nitrogens with one attached hydrogen (secondary N) is 1. The zero-order chi connectivity index (χ0) is 22.0. The summed E-state index contributed by atoms with van der Waals surface area (Å²) in [5, 5.41) is 3.31. The predicted octanol–water partition coefficient (Wildman–Crippen LogP) is 3.70. The van der Waals surface area contributed by atoms with Gasteiger partial charge >= 0.3 is 5.97 Å². The molecule has 0 aliphatic carbocycles. The molecule has 4 rings (SSSR count). The first kappa shape index (κ1) is 20.6. The lowest BCUT2D eigenvalue weighted by atomic mass is 10.1. The van der Waals surface area contributed by atoms with E-state index in [4.69, 9.17) is 20.8 Å². The maximum atomic E-state index is 12.8. The molecule has 0 radical (unpaired) electrons. The Balaban J connectivity index is 1.46. The normalized spacial score (nSPS) is 12.8. The number of aryl methyl sites for hydroxylation is 1. The van der Waals surface area contributed by atoms with Crippen molar-refractivity contribution in [3.05, 3.63) is 65.1 Å². The maximum absolute atomic E-state index is 12.8. The lowest BCUT2D eigenvalue weighted by molar-refractivity contribution is -0.121. The molecular formula is C22H18ClN3O5. The molecule has 9 heteroatoms. The van der Waals surface area contributed by atoms with Crippen LogP contribution in [0.1, 0.15) is 22.7 Å². The van der Waals surface area contributed by atoms with Gasteiger partial charge in [-0.1, -0.05) is 11.6 Å². The highest BCUT2D eigenvalue weighted by atomic mass is 35.5. The van der Waals surface area contributed by atoms with Gasteiger partial charge in [0.15, 0.2) is 11.7 Å². The quantitative estimate of drug-likeness (QED) is 0.608. The Kier molecular flexibility index (Phi) is 5.73. The molecule has 2 heterocycles. The van der Waals surface area contributed by atoms with Crippen LogP contribution >= 0.6 is 11.6 Å². The highest BCUT2D eigenvalue weighted by Crippen LogP contribution is 2.31. The SMILES string of the molecule is COC(=O)c1ccc2c(c1)NC(=O)CN2C(=O)CCc1ncc(-c2ccc(Cl)cc2)o1. The third kappa shape index (κ3) is 4.44. The summed E-state index contributed by atoms with van der Waals surface area (Å²) in [4.78, 5) is 42.3. The molecule has 0 saturated carbocycles. The van der Waals surface area contributed by atoms with Gasteiger partial charge in [0.05, 0.1) is 30.2 Å². The van der Waals surface area contributed by atoms with E-state index in [2.05, 4.69) is 10.3 Å². The number of halogens is 1. The average molecular weight is 440 g/mol. The van der Waals surface area contributed by atoms with Crippen molar-refractivity contribution >= 4 is 40.8 Å². The number of esters is 1. The molecule has 8 nitrogen and oxygen atoms in total. The number of anilines is 2. The van der Waals surface area contributed by atoms with Crippen molar-refractivity contribution < 1.29 is 23.5 Å². The van der Waals surface area contributed by atoms with Crippen molar-refractivity contribution in [2.75, 3.05) is 23.9 Å². The van der Waals surface area contributed by atoms with Crippen LogP contribution in [0, 0.1) is 0 Å². The fourth-order valence-corrected chi connectivity index (χ4v) is 3.41. The molecule has 0 unspecified atom stereocenters. The number of benzene rings is 2. The van der Waals surface area contributed by atoms with E-state index >= 15 is 0 Å². The molecule has 1 aliphatic heterocycles. The van der Waals surface area contributed by atoms with E-state index in [0.717, 1.165) is 5.56 Å². The summed E-state index contributed by atoms with van der Waals surface area (Å²) < 4.78 is 10.4. The summed E-state index contributed by atoms with van der Waals surface area (Å²) in [6.07, 6.45) is 1.98. The lowest BCUT2D eigenvalue weighted by Crippen LogP contribution is -2.42. The van der Waals surface area contributed by atoms with Crippen molar-refractivity contribution in [2.24, 2.45) is 0 Å². The second kappa shape index (κ2) is 8.61. The molecular weight excluding hydrogens is 422 g/mol. The Hall–Kier alpha value is -3.65. The van der Waals surface area contributed by atoms with E-state index < -0.39 is 5.97 Å². The molecule has 158 valence electrons. The van der Waals surface area contributed by atoms with Gasteiger partial charge in [-0.15, -0.1) is 0 Å². The summed E-state index contributed by atoms with van der Waals surface area (Å²) in [6.45, 7) is -0.106. The molecule has 31 heavy (non-hydrogen) atoms. The number of rotatable bonds is 5. The van der Waals surface area contributed by atoms with Crippen LogP contribution in [0.3, 0.4) is 0 Å². The number of oxazole rings is 1. The number of amides is 2. The average Bonchev–Trinajstić information content (AvgIpc) is 3.25. The van der Waals surface area contributed by atoms with E-state index in [1.165, 1.54) is 18.1 Å². The van der Waals surface area contributed by atoms with Gasteiger partial charge in [0.1, 0.15) is 6.54 Å². The topological polar surface area (TPSA) is 102 Å². The third-order valence-electron chi connectivity index (χ3n) is 4.82. The zero-order valence-corrected chi connectivity index (χ0v) is 17.3. The maximum Gasteiger partial charge on any atom is 0.337 e. The summed E-state index contributed by atoms with van der Waals surface area (Å²) in [6, 6.07) is 11.8. The summed E-state index contributed by atoms with van der Waals surface area (Å²) in [5.74, 6) is -0.128. The third-order valence-corrected chi connectivity index (χ3v) is 5.07. The Bertz CT molecular complexity index is 1160. The Morgan fingerprint density at radius 3 is 2.74 bits per heavy atom. The number of fused-ring (bicyclic) bond motifs is 1. The lowest BCUT2D eigenvalue weighted by Gasteiger charge is -2.29. The van der Waals surface area contributed by atoms with Gasteiger partial charge in [0.25, 0.3) is 0 Å². The molecule has 0 fully saturated rings. The minimum Gasteiger partial charge on any atom is -0.465 e. The number of nitrogens with zero attached hydrogens (tertiary/aromatic N) is 2. The van der Waals surface area contributed by atoms with Crippen molar-refractivity contribution in [3.63, 3.8) is 0 Å². The van der Waals surface area contributed by atoms with Crippen LogP contribution in [0.15, 0.2) is 53.1 Å². The van der Waals surface area contributed by atoms with Crippen LogP contribution in [0.5, 0.6) is 0 Å². The molecule has 3 aromatic rings. The highest BCUT2D eigenvalue weighted by Gasteiger charge is 2.28. The van der Waals surface area contributed by atoms with Gasteiger partial charge in [-0.2, -0.15) is 0 Å². The Morgan fingerprint density at radius 1 is 1.23 bits per heavy atom. The van der Waals surface area contributed by atoms with Gasteiger partial charge in [-0.3, -0.25) is 9.59 Å². The van der Waals surface area contributed by atoms with Crippen molar-refractivity contribution in [1.82, 2.24) is 4.98 Å². The zero-order valence-electron chi connectivity index (χ0n) is 16.6. The molecule has 1 aliphatic rings. The van der Waals surface area contributed by atoms with Crippen molar-refractivity contribution in [2.45, 2.75) is 12.8 Å². The molecule has 0 saturated heterocycles. The standard InChI is InChI=1S/C22H18ClN3O5/c1-30-22(29)14-4-7-17-16(10-14)25-19(27)12-26(17)21(28)9-8-20-24-11-18(31-20)13-2-5-15(23)6-3-13/h2-7,10-11H,8-9,12H2,1H3,(H,25,27). The fourth-order valence-electron chi connectivity index (χ4n) is 3.28. The van der Waals surface area contributed by atoms with Gasteiger partial charge in [-0.05, 0) is 42.5 Å². The van der Waals surface area contributed by atoms with Crippen molar-refractivity contribution in [3.8, 4) is 11.3 Å². The molecule has 0 bridgehead atoms. The van der Waals surface area contributed by atoms with E-state index in [-0.39, 0.29) is 36.8 Å². The molecule has 2 amide bonds. The van der Waals surface area contributed by atoms with Gasteiger partial charge in [-0.25, -0.2) is 9.78 Å². The number of hydrogen-bond donors (Lipinski definition) is 1. The first-order chi connectivity index (χ1) is 14.9. The monoisotopic (exact) mass is 439 g/mol. The van der Waals surface area contributed by atoms with Crippen LogP contribution in [-0.2, 0) is 20.7 Å². The predicted molar refractivity (Wildman–Crippen MR) is 114 cm³/mol. The fraction of sp³-hybridized carbons (Fsp3) is 0.182. The van der Waals surface area contributed by atoms with Crippen LogP contribution in [0.25, 0.3) is 11.3 Å². The number of methoxy groups -OCH3 is 1. The van der Waals surface area contributed by atoms with Gasteiger partial charge < -0.3 is 19.4 Å². The second-order valence-corrected chi connectivity index (χ2v) is 7.31. The first-order valence-corrected chi connectivity index (χ1v) is 9.85. The summed E-state index contributed by atoms with van der Waals surface area (Å²) in [5.41, 5.74) is 2.02. The van der Waals surface area contributed by atoms with E-state index in [1.807, 2.05) is 12.1 Å². The van der Waals surface area contributed by atoms with Crippen LogP contribution in [-0.4, -0.2) is 36.4 Å². The minimum atomic E-state index is -0.527. The van der Waals surface area contributed by atoms with E-state index in [9.17, 15) is 14.4 Å². The summed E-state index contributed by atoms with van der Waals surface area (Å²) in [7, 11) is 1.28. The second-order valence-electron chi connectivity index (χ2n) is 6.88. The largest absolute Gasteiger partial charge is 0.465 e. The van der Waals surface area contributed by atoms with Gasteiger partial charge in [0.2, 0.25) is 11.8 Å². The molecule has 2 aromatic carbocycles. The number of carbonyl (C=O) groups excluding carboxylic acids is 3. The molecule has 1 aromatic heterocycles. The molecule has 1 N–H and O–H groups in total. The number of ether oxygens (including phenoxy) is 1. The summed E-state index contributed by atoms with van der Waals surface area (Å²) >= 11 is 5.90. The van der Waals surface area contributed by atoms with E-state index in [0.29, 0.717) is 28.0 Å².